The van der Waals surface area contributed by atoms with Crippen LogP contribution in [0.2, 0.25) is 0 Å². The van der Waals surface area contributed by atoms with E-state index in [4.69, 9.17) is 9.15 Å². The Morgan fingerprint density at radius 3 is 2.76 bits per heavy atom. The molecule has 6 heteroatoms. The largest absolute Gasteiger partial charge is 0.489 e. The number of anilines is 1. The number of likely N-dealkylation sites (tertiary alicyclic amines) is 1. The van der Waals surface area contributed by atoms with E-state index >= 15 is 0 Å². The Bertz CT molecular complexity index is 1200. The van der Waals surface area contributed by atoms with Crippen LogP contribution >= 0.6 is 0 Å². The molecule has 0 N–H and O–H groups in total. The van der Waals surface area contributed by atoms with E-state index in [0.717, 1.165) is 48.7 Å². The number of hydrogen-bond acceptors (Lipinski definition) is 5. The second-order valence-electron chi connectivity index (χ2n) is 9.11. The summed E-state index contributed by atoms with van der Waals surface area (Å²) in [6, 6.07) is 15.9. The average molecular weight is 447 g/mol. The summed E-state index contributed by atoms with van der Waals surface area (Å²) >= 11 is 0. The predicted molar refractivity (Wildman–Crippen MR) is 129 cm³/mol. The number of ether oxygens (including phenoxy) is 1. The molecule has 5 rings (SSSR count). The fourth-order valence-electron chi connectivity index (χ4n) is 5.02. The lowest BCUT2D eigenvalue weighted by Gasteiger charge is -2.35. The summed E-state index contributed by atoms with van der Waals surface area (Å²) in [4.78, 5) is 30.1. The standard InChI is InChI=1S/C27H30N2O4/c1-19-8-5-6-14-28(19)17-25(30)29-15-7-11-22-23-16-21(32-18-20-9-3-2-4-10-20)12-13-24(23)33-27(31)26(22)29/h2-4,9-10,12-13,16,19H,5-8,11,14-15,17-18H2,1H3/t19-/m0/s1. The lowest BCUT2D eigenvalue weighted by atomic mass is 9.98. The molecule has 3 aromatic rings. The highest BCUT2D eigenvalue weighted by molar-refractivity contribution is 5.98. The first-order valence-electron chi connectivity index (χ1n) is 11.9. The summed E-state index contributed by atoms with van der Waals surface area (Å²) < 4.78 is 11.7. The van der Waals surface area contributed by atoms with Crippen molar-refractivity contribution in [3.8, 4) is 5.75 Å². The van der Waals surface area contributed by atoms with Crippen LogP contribution in [-0.2, 0) is 17.8 Å². The summed E-state index contributed by atoms with van der Waals surface area (Å²) in [5.74, 6) is 0.695. The molecule has 0 spiro atoms. The van der Waals surface area contributed by atoms with Crippen molar-refractivity contribution < 1.29 is 13.9 Å². The molecule has 1 aromatic heterocycles. The monoisotopic (exact) mass is 446 g/mol. The van der Waals surface area contributed by atoms with Crippen LogP contribution < -0.4 is 15.3 Å². The number of rotatable bonds is 5. The van der Waals surface area contributed by atoms with E-state index < -0.39 is 5.63 Å². The van der Waals surface area contributed by atoms with Crippen molar-refractivity contribution >= 4 is 22.6 Å². The molecule has 1 fully saturated rings. The van der Waals surface area contributed by atoms with Gasteiger partial charge in [0.05, 0.1) is 6.54 Å². The van der Waals surface area contributed by atoms with Gasteiger partial charge in [-0.25, -0.2) is 4.79 Å². The number of piperidine rings is 1. The smallest absolute Gasteiger partial charge is 0.360 e. The normalized spacial score (nSPS) is 18.8. The summed E-state index contributed by atoms with van der Waals surface area (Å²) in [7, 11) is 0. The van der Waals surface area contributed by atoms with Crippen LogP contribution in [-0.4, -0.2) is 36.5 Å². The van der Waals surface area contributed by atoms with Gasteiger partial charge in [-0.3, -0.25) is 9.69 Å². The molecule has 2 aliphatic rings. The molecule has 0 radical (unpaired) electrons. The van der Waals surface area contributed by atoms with Gasteiger partial charge in [-0.05, 0) is 68.5 Å². The van der Waals surface area contributed by atoms with Crippen molar-refractivity contribution in [2.75, 3.05) is 24.5 Å². The van der Waals surface area contributed by atoms with Crippen LogP contribution in [0.15, 0.2) is 57.7 Å². The summed E-state index contributed by atoms with van der Waals surface area (Å²) in [6.45, 7) is 4.47. The molecule has 2 aliphatic heterocycles. The summed E-state index contributed by atoms with van der Waals surface area (Å²) in [6.07, 6.45) is 5.00. The molecule has 172 valence electrons. The van der Waals surface area contributed by atoms with Gasteiger partial charge in [-0.15, -0.1) is 0 Å². The number of carbonyl (C=O) groups excluding carboxylic acids is 1. The van der Waals surface area contributed by atoms with Crippen molar-refractivity contribution in [2.45, 2.75) is 51.7 Å². The molecular weight excluding hydrogens is 416 g/mol. The van der Waals surface area contributed by atoms with Gasteiger partial charge in [0.15, 0.2) is 0 Å². The number of carbonyl (C=O) groups is 1. The van der Waals surface area contributed by atoms with Gasteiger partial charge >= 0.3 is 5.63 Å². The van der Waals surface area contributed by atoms with Crippen molar-refractivity contribution in [2.24, 2.45) is 0 Å². The highest BCUT2D eigenvalue weighted by atomic mass is 16.5. The van der Waals surface area contributed by atoms with E-state index in [0.29, 0.717) is 42.8 Å². The molecule has 0 unspecified atom stereocenters. The molecule has 2 aromatic carbocycles. The molecule has 0 bridgehead atoms. The first-order valence-corrected chi connectivity index (χ1v) is 11.9. The second kappa shape index (κ2) is 9.40. The minimum absolute atomic E-state index is 0.0205. The Morgan fingerprint density at radius 2 is 1.94 bits per heavy atom. The minimum Gasteiger partial charge on any atom is -0.489 e. The first kappa shape index (κ1) is 21.7. The maximum absolute atomic E-state index is 13.3. The molecule has 1 amide bonds. The van der Waals surface area contributed by atoms with Gasteiger partial charge in [0, 0.05) is 18.0 Å². The van der Waals surface area contributed by atoms with Crippen LogP contribution in [0.3, 0.4) is 0 Å². The maximum atomic E-state index is 13.3. The lowest BCUT2D eigenvalue weighted by molar-refractivity contribution is -0.120. The third-order valence-corrected chi connectivity index (χ3v) is 6.86. The van der Waals surface area contributed by atoms with Crippen LogP contribution in [0.5, 0.6) is 5.75 Å². The van der Waals surface area contributed by atoms with Gasteiger partial charge in [-0.1, -0.05) is 36.8 Å². The van der Waals surface area contributed by atoms with Crippen molar-refractivity contribution in [3.05, 3.63) is 70.1 Å². The summed E-state index contributed by atoms with van der Waals surface area (Å²) in [5, 5.41) is 0.846. The Labute approximate surface area is 193 Å². The Balaban J connectivity index is 1.43. The third kappa shape index (κ3) is 4.53. The summed E-state index contributed by atoms with van der Waals surface area (Å²) in [5.41, 5.74) is 2.48. The number of fused-ring (bicyclic) bond motifs is 3. The predicted octanol–water partition coefficient (Wildman–Crippen LogP) is 4.53. The Morgan fingerprint density at radius 1 is 1.09 bits per heavy atom. The van der Waals surface area contributed by atoms with Crippen LogP contribution in [0.25, 0.3) is 11.0 Å². The average Bonchev–Trinajstić information content (AvgIpc) is 2.84. The van der Waals surface area contributed by atoms with Gasteiger partial charge in [0.25, 0.3) is 0 Å². The molecule has 1 atom stereocenters. The number of benzene rings is 2. The maximum Gasteiger partial charge on any atom is 0.360 e. The zero-order valence-corrected chi connectivity index (χ0v) is 19.1. The Kier molecular flexibility index (Phi) is 6.18. The van der Waals surface area contributed by atoms with E-state index in [1.165, 1.54) is 6.42 Å². The fourth-order valence-corrected chi connectivity index (χ4v) is 5.02. The van der Waals surface area contributed by atoms with Crippen LogP contribution in [0.1, 0.15) is 43.7 Å². The topological polar surface area (TPSA) is 63.0 Å². The minimum atomic E-state index is -0.435. The van der Waals surface area contributed by atoms with Gasteiger partial charge in [0.1, 0.15) is 23.6 Å². The molecule has 1 saturated heterocycles. The highest BCUT2D eigenvalue weighted by Gasteiger charge is 2.30. The van der Waals surface area contributed by atoms with E-state index in [1.54, 1.807) is 11.0 Å². The van der Waals surface area contributed by atoms with Crippen LogP contribution in [0, 0.1) is 0 Å². The zero-order chi connectivity index (χ0) is 22.8. The molecule has 33 heavy (non-hydrogen) atoms. The van der Waals surface area contributed by atoms with E-state index in [1.807, 2.05) is 42.5 Å². The van der Waals surface area contributed by atoms with Crippen LogP contribution in [0.4, 0.5) is 5.69 Å². The van der Waals surface area contributed by atoms with Crippen molar-refractivity contribution in [1.82, 2.24) is 4.90 Å². The van der Waals surface area contributed by atoms with Gasteiger partial charge in [0.2, 0.25) is 5.91 Å². The molecular formula is C27H30N2O4. The highest BCUT2D eigenvalue weighted by Crippen LogP contribution is 2.33. The second-order valence-corrected chi connectivity index (χ2v) is 9.11. The number of nitrogens with zero attached hydrogens (tertiary/aromatic N) is 2. The first-order chi connectivity index (χ1) is 16.1. The van der Waals surface area contributed by atoms with Gasteiger partial charge < -0.3 is 14.1 Å². The number of amides is 1. The molecule has 6 nitrogen and oxygen atoms in total. The zero-order valence-electron chi connectivity index (χ0n) is 19.1. The third-order valence-electron chi connectivity index (χ3n) is 6.86. The van der Waals surface area contributed by atoms with E-state index in [9.17, 15) is 9.59 Å². The Hall–Kier alpha value is -3.12. The number of aryl methyl sites for hydroxylation is 1. The fraction of sp³-hybridized carbons (Fsp3) is 0.407. The SMILES string of the molecule is C[C@H]1CCCCN1CC(=O)N1CCCc2c1c(=O)oc1ccc(OCc3ccccc3)cc21. The lowest BCUT2D eigenvalue weighted by Crippen LogP contribution is -2.48. The van der Waals surface area contributed by atoms with E-state index in [2.05, 4.69) is 11.8 Å². The van der Waals surface area contributed by atoms with E-state index in [-0.39, 0.29) is 5.91 Å². The molecule has 0 aliphatic carbocycles. The quantitative estimate of drug-likeness (QED) is 0.539. The molecule has 3 heterocycles. The van der Waals surface area contributed by atoms with Crippen molar-refractivity contribution in [1.29, 1.82) is 0 Å². The van der Waals surface area contributed by atoms with Gasteiger partial charge in [-0.2, -0.15) is 0 Å². The number of hydrogen-bond donors (Lipinski definition) is 0. The van der Waals surface area contributed by atoms with Crippen molar-refractivity contribution in [3.63, 3.8) is 0 Å². The molecule has 0 saturated carbocycles.